The summed E-state index contributed by atoms with van der Waals surface area (Å²) in [6.45, 7) is 18.5. The molecular weight excluding hydrogens is 406 g/mol. The van der Waals surface area contributed by atoms with E-state index in [2.05, 4.69) is 103 Å². The molecule has 0 aliphatic heterocycles. The van der Waals surface area contributed by atoms with Crippen LogP contribution in [0.5, 0.6) is 0 Å². The van der Waals surface area contributed by atoms with E-state index in [1.165, 1.54) is 44.0 Å². The number of furan rings is 1. The molecule has 0 saturated carbocycles. The van der Waals surface area contributed by atoms with Gasteiger partial charge in [-0.05, 0) is 51.6 Å². The van der Waals surface area contributed by atoms with Gasteiger partial charge in [0.1, 0.15) is 13.8 Å². The summed E-state index contributed by atoms with van der Waals surface area (Å²) in [4.78, 5) is 4.95. The van der Waals surface area contributed by atoms with Crippen molar-refractivity contribution in [1.29, 1.82) is 0 Å². The summed E-state index contributed by atoms with van der Waals surface area (Å²) < 4.78 is 6.53. The molecule has 2 aromatic heterocycles. The molecule has 0 fully saturated rings. The molecular formula is C29H33NOSi. The summed E-state index contributed by atoms with van der Waals surface area (Å²) in [5.74, 6) is 1.04. The summed E-state index contributed by atoms with van der Waals surface area (Å²) in [5, 5.41) is 3.77. The molecule has 3 heteroatoms. The molecule has 0 saturated heterocycles. The summed E-state index contributed by atoms with van der Waals surface area (Å²) in [5.41, 5.74) is 7.30. The molecule has 0 N–H and O–H groups in total. The van der Waals surface area contributed by atoms with Crippen molar-refractivity contribution in [1.82, 2.24) is 4.98 Å². The van der Waals surface area contributed by atoms with Crippen LogP contribution < -0.4 is 5.38 Å². The highest BCUT2D eigenvalue weighted by atomic mass is 28.3. The van der Waals surface area contributed by atoms with Gasteiger partial charge in [-0.2, -0.15) is 0 Å². The first-order valence-electron chi connectivity index (χ1n) is 11.6. The second-order valence-electron chi connectivity index (χ2n) is 11.8. The van der Waals surface area contributed by atoms with Gasteiger partial charge in [-0.1, -0.05) is 78.5 Å². The van der Waals surface area contributed by atoms with E-state index in [9.17, 15) is 0 Å². The maximum Gasteiger partial charge on any atom is 0.138 e. The zero-order valence-corrected chi connectivity index (χ0v) is 21.6. The van der Waals surface area contributed by atoms with Crippen molar-refractivity contribution >= 4 is 24.2 Å². The van der Waals surface area contributed by atoms with E-state index in [-0.39, 0.29) is 10.8 Å². The van der Waals surface area contributed by atoms with Gasteiger partial charge < -0.3 is 4.42 Å². The third kappa shape index (κ3) is 3.09. The number of benzene rings is 2. The molecule has 4 aromatic rings. The molecule has 0 unspecified atom stereocenters. The van der Waals surface area contributed by atoms with Crippen molar-refractivity contribution in [3.05, 3.63) is 71.4 Å². The number of aromatic nitrogens is 1. The highest BCUT2D eigenvalue weighted by Gasteiger charge is 2.42. The lowest BCUT2D eigenvalue weighted by Gasteiger charge is -2.25. The molecule has 32 heavy (non-hydrogen) atoms. The smallest absolute Gasteiger partial charge is 0.138 e. The van der Waals surface area contributed by atoms with Crippen molar-refractivity contribution < 1.29 is 4.42 Å². The van der Waals surface area contributed by atoms with Crippen LogP contribution in [-0.2, 0) is 10.8 Å². The van der Waals surface area contributed by atoms with Gasteiger partial charge in [0.05, 0.1) is 11.1 Å². The molecule has 1 aliphatic rings. The second kappa shape index (κ2) is 6.68. The van der Waals surface area contributed by atoms with Crippen LogP contribution in [0.25, 0.3) is 33.4 Å². The van der Waals surface area contributed by atoms with Gasteiger partial charge in [-0.3, -0.25) is 4.98 Å². The average Bonchev–Trinajstić information content (AvgIpc) is 3.25. The first kappa shape index (κ1) is 21.2. The number of rotatable bonds is 2. The lowest BCUT2D eigenvalue weighted by atomic mass is 9.79. The first-order chi connectivity index (χ1) is 14.9. The molecule has 0 atom stereocenters. The van der Waals surface area contributed by atoms with Gasteiger partial charge >= 0.3 is 0 Å². The van der Waals surface area contributed by atoms with Crippen molar-refractivity contribution in [2.45, 2.75) is 65.1 Å². The predicted molar refractivity (Wildman–Crippen MR) is 139 cm³/mol. The van der Waals surface area contributed by atoms with Crippen LogP contribution >= 0.6 is 0 Å². The van der Waals surface area contributed by atoms with Gasteiger partial charge in [0.15, 0.2) is 0 Å². The average molecular weight is 440 g/mol. The minimum Gasteiger partial charge on any atom is -0.466 e. The number of hydrogen-bond donors (Lipinski definition) is 0. The number of fused-ring (bicyclic) bond motifs is 4. The Bertz CT molecular complexity index is 1360. The molecule has 1 aliphatic carbocycles. The molecule has 0 amide bonds. The molecule has 0 spiro atoms. The van der Waals surface area contributed by atoms with Crippen molar-refractivity contribution in [2.24, 2.45) is 0 Å². The summed E-state index contributed by atoms with van der Waals surface area (Å²) in [7, 11) is -1.53. The van der Waals surface area contributed by atoms with Crippen LogP contribution in [0.4, 0.5) is 0 Å². The zero-order valence-electron chi connectivity index (χ0n) is 20.6. The Morgan fingerprint density at radius 2 is 1.66 bits per heavy atom. The van der Waals surface area contributed by atoms with E-state index in [0.717, 1.165) is 11.5 Å². The summed E-state index contributed by atoms with van der Waals surface area (Å²) in [6, 6.07) is 17.8. The van der Waals surface area contributed by atoms with Crippen LogP contribution in [0.1, 0.15) is 51.3 Å². The Balaban J connectivity index is 1.78. The van der Waals surface area contributed by atoms with Crippen LogP contribution in [0, 0.1) is 0 Å². The monoisotopic (exact) mass is 439 g/mol. The number of nitrogens with zero attached hydrogens (tertiary/aromatic N) is 1. The van der Waals surface area contributed by atoms with Crippen molar-refractivity contribution in [3.8, 4) is 22.6 Å². The SMILES string of the molecule is CC(C)(C)c1cc(-c2nccc3c2C(C)(C)c2cc([Si](C)(C)C)oc2-3)cc2ccccc12. The molecule has 0 radical (unpaired) electrons. The Morgan fingerprint density at radius 3 is 2.34 bits per heavy atom. The second-order valence-corrected chi connectivity index (χ2v) is 16.8. The quantitative estimate of drug-likeness (QED) is 0.300. The van der Waals surface area contributed by atoms with Gasteiger partial charge in [0.2, 0.25) is 0 Å². The van der Waals surface area contributed by atoms with Crippen LogP contribution in [-0.4, -0.2) is 13.1 Å². The minimum atomic E-state index is -1.53. The zero-order chi connectivity index (χ0) is 23.1. The molecule has 0 bridgehead atoms. The topological polar surface area (TPSA) is 26.0 Å². The van der Waals surface area contributed by atoms with Crippen LogP contribution in [0.3, 0.4) is 0 Å². The van der Waals surface area contributed by atoms with Crippen LogP contribution in [0.2, 0.25) is 19.6 Å². The van der Waals surface area contributed by atoms with E-state index in [0.29, 0.717) is 0 Å². The van der Waals surface area contributed by atoms with Gasteiger partial charge in [-0.15, -0.1) is 0 Å². The van der Waals surface area contributed by atoms with Gasteiger partial charge in [-0.25, -0.2) is 0 Å². The van der Waals surface area contributed by atoms with E-state index >= 15 is 0 Å². The summed E-state index contributed by atoms with van der Waals surface area (Å²) >= 11 is 0. The largest absolute Gasteiger partial charge is 0.466 e. The van der Waals surface area contributed by atoms with E-state index in [1.54, 1.807) is 0 Å². The minimum absolute atomic E-state index is 0.0428. The molecule has 2 nitrogen and oxygen atoms in total. The van der Waals surface area contributed by atoms with E-state index in [1.807, 2.05) is 6.20 Å². The lowest BCUT2D eigenvalue weighted by molar-refractivity contribution is 0.596. The fourth-order valence-corrected chi connectivity index (χ4v) is 6.12. The molecule has 164 valence electrons. The predicted octanol–water partition coefficient (Wildman–Crippen LogP) is 7.64. The van der Waals surface area contributed by atoms with E-state index < -0.39 is 8.07 Å². The van der Waals surface area contributed by atoms with Crippen molar-refractivity contribution in [2.75, 3.05) is 0 Å². The maximum atomic E-state index is 6.53. The Hall–Kier alpha value is -2.65. The first-order valence-corrected chi connectivity index (χ1v) is 15.1. The number of pyridine rings is 1. The summed E-state index contributed by atoms with van der Waals surface area (Å²) in [6.07, 6.45) is 1.95. The Kier molecular flexibility index (Phi) is 4.42. The lowest BCUT2D eigenvalue weighted by Crippen LogP contribution is -2.36. The highest BCUT2D eigenvalue weighted by molar-refractivity contribution is 6.87. The third-order valence-electron chi connectivity index (χ3n) is 6.91. The Labute approximate surface area is 192 Å². The Morgan fingerprint density at radius 1 is 0.938 bits per heavy atom. The highest BCUT2D eigenvalue weighted by Crippen LogP contribution is 2.52. The third-order valence-corrected chi connectivity index (χ3v) is 8.63. The van der Waals surface area contributed by atoms with Gasteiger partial charge in [0.25, 0.3) is 0 Å². The fourth-order valence-electron chi connectivity index (χ4n) is 5.13. The molecule has 5 rings (SSSR count). The van der Waals surface area contributed by atoms with Crippen molar-refractivity contribution in [3.63, 3.8) is 0 Å². The molecule has 2 heterocycles. The standard InChI is InChI=1S/C29H33NOSi/c1-28(2,3)22-16-19(15-18-11-9-10-12-20(18)22)26-25-21(13-14-30-26)27-23(29(25,4)5)17-24(31-27)32(6,7)8/h9-17H,1-8H3. The van der Waals surface area contributed by atoms with Crippen LogP contribution in [0.15, 0.2) is 59.1 Å². The van der Waals surface area contributed by atoms with Gasteiger partial charge in [0, 0.05) is 28.3 Å². The maximum absolute atomic E-state index is 6.53. The normalized spacial score (nSPS) is 15.1. The van der Waals surface area contributed by atoms with E-state index in [4.69, 9.17) is 9.40 Å². The fraction of sp³-hybridized carbons (Fsp3) is 0.345. The molecule has 2 aromatic carbocycles. The number of hydrogen-bond acceptors (Lipinski definition) is 2.